The van der Waals surface area contributed by atoms with E-state index in [-0.39, 0.29) is 11.1 Å². The number of ether oxygens (including phenoxy) is 2. The number of alkyl halides is 3. The summed E-state index contributed by atoms with van der Waals surface area (Å²) in [6.07, 6.45) is -2.93. The smallest absolute Gasteiger partial charge is 0.445 e. The van der Waals surface area contributed by atoms with Gasteiger partial charge in [-0.05, 0) is 32.0 Å². The molecule has 1 aliphatic heterocycles. The number of amides is 1. The van der Waals surface area contributed by atoms with Crippen LogP contribution in [0.15, 0.2) is 24.4 Å². The largest absolute Gasteiger partial charge is 0.486 e. The van der Waals surface area contributed by atoms with E-state index < -0.39 is 23.1 Å². The molecule has 1 aromatic carbocycles. The third-order valence-electron chi connectivity index (χ3n) is 4.35. The lowest BCUT2D eigenvalue weighted by atomic mass is 10.1. The number of aromatic nitrogens is 3. The Kier molecular flexibility index (Phi) is 5.95. The molecule has 1 fully saturated rings. The average molecular weight is 470 g/mol. The summed E-state index contributed by atoms with van der Waals surface area (Å²) in [5, 5.41) is 9.14. The van der Waals surface area contributed by atoms with E-state index in [0.29, 0.717) is 41.4 Å². The zero-order chi connectivity index (χ0) is 22.2. The van der Waals surface area contributed by atoms with Crippen molar-refractivity contribution in [2.75, 3.05) is 13.2 Å². The van der Waals surface area contributed by atoms with Crippen molar-refractivity contribution in [3.05, 3.63) is 44.9 Å². The molecule has 31 heavy (non-hydrogen) atoms. The summed E-state index contributed by atoms with van der Waals surface area (Å²) >= 11 is 1.88. The van der Waals surface area contributed by atoms with E-state index >= 15 is 0 Å². The number of nitrogens with one attached hydrogen (secondary N) is 1. The first-order chi connectivity index (χ1) is 14.7. The van der Waals surface area contributed by atoms with Gasteiger partial charge in [-0.25, -0.2) is 4.98 Å². The topological polar surface area (TPSA) is 86.2 Å². The molecule has 0 bridgehead atoms. The molecule has 3 heterocycles. The van der Waals surface area contributed by atoms with E-state index in [2.05, 4.69) is 20.5 Å². The van der Waals surface area contributed by atoms with E-state index in [9.17, 15) is 18.0 Å². The molecule has 7 nitrogen and oxygen atoms in total. The van der Waals surface area contributed by atoms with Crippen molar-refractivity contribution in [2.45, 2.75) is 32.2 Å². The van der Waals surface area contributed by atoms with Crippen molar-refractivity contribution in [1.82, 2.24) is 20.5 Å². The second-order valence-electron chi connectivity index (χ2n) is 6.94. The van der Waals surface area contributed by atoms with Gasteiger partial charge in [-0.1, -0.05) is 11.3 Å². The van der Waals surface area contributed by atoms with Crippen LogP contribution in [0.3, 0.4) is 0 Å². The predicted octanol–water partition coefficient (Wildman–Crippen LogP) is 4.26. The number of carbonyl (C=O) groups is 1. The Labute approximate surface area is 183 Å². The SMILES string of the molecule is Cc1cnc(-c2cc(OC3COC3)cc(C(=O)N[C@H](C)c3nnc(C(F)(F)F)s3)c2)s1. The molecule has 2 aromatic heterocycles. The molecule has 0 spiro atoms. The number of hydrogen-bond donors (Lipinski definition) is 1. The summed E-state index contributed by atoms with van der Waals surface area (Å²) in [5.41, 5.74) is 1.01. The maximum atomic E-state index is 12.9. The lowest BCUT2D eigenvalue weighted by Crippen LogP contribution is -2.38. The van der Waals surface area contributed by atoms with Gasteiger partial charge in [0.05, 0.1) is 19.3 Å². The first kappa shape index (κ1) is 21.7. The maximum Gasteiger partial charge on any atom is 0.445 e. The molecular weight excluding hydrogens is 453 g/mol. The zero-order valence-electron chi connectivity index (χ0n) is 16.4. The van der Waals surface area contributed by atoms with Crippen molar-refractivity contribution in [3.8, 4) is 16.3 Å². The Morgan fingerprint density at radius 3 is 2.61 bits per heavy atom. The number of hydrogen-bond acceptors (Lipinski definition) is 8. The van der Waals surface area contributed by atoms with Gasteiger partial charge >= 0.3 is 6.18 Å². The average Bonchev–Trinajstić information content (AvgIpc) is 3.33. The van der Waals surface area contributed by atoms with Gasteiger partial charge in [-0.15, -0.1) is 21.5 Å². The maximum absolute atomic E-state index is 12.9. The van der Waals surface area contributed by atoms with Gasteiger partial charge in [0.25, 0.3) is 5.91 Å². The molecule has 1 amide bonds. The van der Waals surface area contributed by atoms with Crippen molar-refractivity contribution in [3.63, 3.8) is 0 Å². The van der Waals surface area contributed by atoms with Crippen molar-refractivity contribution in [1.29, 1.82) is 0 Å². The molecule has 0 radical (unpaired) electrons. The highest BCUT2D eigenvalue weighted by molar-refractivity contribution is 7.15. The van der Waals surface area contributed by atoms with Crippen molar-refractivity contribution < 1.29 is 27.4 Å². The summed E-state index contributed by atoms with van der Waals surface area (Å²) in [6.45, 7) is 4.42. The number of halogens is 3. The zero-order valence-corrected chi connectivity index (χ0v) is 18.0. The van der Waals surface area contributed by atoms with Crippen LogP contribution in [0.5, 0.6) is 5.75 Å². The molecular formula is C19H17F3N4O3S2. The van der Waals surface area contributed by atoms with Crippen molar-refractivity contribution >= 4 is 28.6 Å². The van der Waals surface area contributed by atoms with Gasteiger partial charge in [-0.2, -0.15) is 13.2 Å². The quantitative estimate of drug-likeness (QED) is 0.580. The van der Waals surface area contributed by atoms with Crippen LogP contribution >= 0.6 is 22.7 Å². The lowest BCUT2D eigenvalue weighted by Gasteiger charge is -2.27. The van der Waals surface area contributed by atoms with E-state index in [4.69, 9.17) is 9.47 Å². The second kappa shape index (κ2) is 8.52. The standard InChI is InChI=1S/C19H17F3N4O3S2/c1-9-6-23-17(30-9)12-3-11(4-13(5-12)29-14-7-28-8-14)15(27)24-10(2)16-25-26-18(31-16)19(20,21)22/h3-6,10,14H,7-8H2,1-2H3,(H,24,27)/t10-/m1/s1. The number of rotatable bonds is 6. The minimum absolute atomic E-state index is 0.0652. The fourth-order valence-electron chi connectivity index (χ4n) is 2.75. The van der Waals surface area contributed by atoms with Crippen LogP contribution < -0.4 is 10.1 Å². The van der Waals surface area contributed by atoms with Gasteiger partial charge < -0.3 is 14.8 Å². The number of benzene rings is 1. The van der Waals surface area contributed by atoms with Crippen LogP contribution in [-0.2, 0) is 10.9 Å². The molecule has 0 unspecified atom stereocenters. The van der Waals surface area contributed by atoms with E-state index in [1.54, 1.807) is 31.3 Å². The van der Waals surface area contributed by atoms with Crippen LogP contribution in [0, 0.1) is 6.92 Å². The highest BCUT2D eigenvalue weighted by Gasteiger charge is 2.36. The number of aryl methyl sites for hydroxylation is 1. The highest BCUT2D eigenvalue weighted by Crippen LogP contribution is 2.34. The van der Waals surface area contributed by atoms with Gasteiger partial charge in [0.15, 0.2) is 0 Å². The molecule has 3 aromatic rings. The van der Waals surface area contributed by atoms with E-state index in [1.807, 2.05) is 6.92 Å². The molecule has 1 aliphatic rings. The lowest BCUT2D eigenvalue weighted by molar-refractivity contribution is -0.138. The molecule has 1 N–H and O–H groups in total. The summed E-state index contributed by atoms with van der Waals surface area (Å²) in [4.78, 5) is 18.2. The molecule has 0 saturated carbocycles. The van der Waals surface area contributed by atoms with Crippen molar-refractivity contribution in [2.24, 2.45) is 0 Å². The minimum atomic E-state index is -4.57. The Morgan fingerprint density at radius 1 is 1.26 bits per heavy atom. The fourth-order valence-corrected chi connectivity index (χ4v) is 4.21. The number of carbonyl (C=O) groups excluding carboxylic acids is 1. The number of thiazole rings is 1. The molecule has 1 atom stereocenters. The minimum Gasteiger partial charge on any atom is -0.486 e. The normalized spacial score (nSPS) is 15.4. The molecule has 1 saturated heterocycles. The van der Waals surface area contributed by atoms with Crippen LogP contribution in [0.4, 0.5) is 13.2 Å². The van der Waals surface area contributed by atoms with Gasteiger partial charge in [0, 0.05) is 22.2 Å². The third-order valence-corrected chi connectivity index (χ3v) is 6.46. The Hall–Kier alpha value is -2.57. The molecule has 0 aliphatic carbocycles. The number of nitrogens with zero attached hydrogens (tertiary/aromatic N) is 3. The predicted molar refractivity (Wildman–Crippen MR) is 108 cm³/mol. The third kappa shape index (κ3) is 5.02. The monoisotopic (exact) mass is 470 g/mol. The molecule has 4 rings (SSSR count). The van der Waals surface area contributed by atoms with Gasteiger partial charge in [0.2, 0.25) is 5.01 Å². The highest BCUT2D eigenvalue weighted by atomic mass is 32.1. The van der Waals surface area contributed by atoms with Crippen LogP contribution in [-0.4, -0.2) is 40.4 Å². The first-order valence-electron chi connectivity index (χ1n) is 9.23. The molecule has 164 valence electrons. The van der Waals surface area contributed by atoms with E-state index in [1.165, 1.54) is 11.3 Å². The summed E-state index contributed by atoms with van der Waals surface area (Å²) < 4.78 is 49.3. The summed E-state index contributed by atoms with van der Waals surface area (Å²) in [6, 6.07) is 4.31. The Bertz CT molecular complexity index is 1100. The Morgan fingerprint density at radius 2 is 2.03 bits per heavy atom. The Balaban J connectivity index is 1.57. The van der Waals surface area contributed by atoms with Gasteiger partial charge in [-0.3, -0.25) is 4.79 Å². The van der Waals surface area contributed by atoms with Crippen LogP contribution in [0.1, 0.15) is 38.2 Å². The van der Waals surface area contributed by atoms with Gasteiger partial charge in [0.1, 0.15) is 21.9 Å². The molecule has 12 heteroatoms. The first-order valence-corrected chi connectivity index (χ1v) is 10.9. The van der Waals surface area contributed by atoms with E-state index in [0.717, 1.165) is 9.88 Å². The van der Waals surface area contributed by atoms with Crippen LogP contribution in [0.2, 0.25) is 0 Å². The summed E-state index contributed by atoms with van der Waals surface area (Å²) in [7, 11) is 0. The second-order valence-corrected chi connectivity index (χ2v) is 9.18. The summed E-state index contributed by atoms with van der Waals surface area (Å²) in [5.74, 6) is 0.0211. The van der Waals surface area contributed by atoms with Crippen LogP contribution in [0.25, 0.3) is 10.6 Å². The fraction of sp³-hybridized carbons (Fsp3) is 0.368.